The molecular weight excluding hydrogens is 296 g/mol. The van der Waals surface area contributed by atoms with Crippen molar-refractivity contribution in [2.45, 2.75) is 6.42 Å². The second-order valence-electron chi connectivity index (χ2n) is 5.17. The fourth-order valence-electron chi connectivity index (χ4n) is 2.47. The summed E-state index contributed by atoms with van der Waals surface area (Å²) >= 11 is 0. The van der Waals surface area contributed by atoms with Crippen LogP contribution in [-0.4, -0.2) is 35.4 Å². The highest BCUT2D eigenvalue weighted by molar-refractivity contribution is 6.03. The first-order chi connectivity index (χ1) is 11.2. The quantitative estimate of drug-likeness (QED) is 0.924. The van der Waals surface area contributed by atoms with Crippen LogP contribution in [-0.2, 0) is 9.59 Å². The van der Waals surface area contributed by atoms with Crippen LogP contribution in [0.4, 0.5) is 11.6 Å². The molecule has 1 N–H and O–H groups in total. The maximum absolute atomic E-state index is 12.2. The van der Waals surface area contributed by atoms with Gasteiger partial charge in [0.05, 0.1) is 13.0 Å². The third-order valence-corrected chi connectivity index (χ3v) is 3.68. The first-order valence-corrected chi connectivity index (χ1v) is 7.19. The fraction of sp³-hybridized carbons (Fsp3) is 0.250. The van der Waals surface area contributed by atoms with Gasteiger partial charge in [-0.1, -0.05) is 0 Å². The van der Waals surface area contributed by atoms with Gasteiger partial charge in [-0.3, -0.25) is 14.9 Å². The third-order valence-electron chi connectivity index (χ3n) is 3.68. The Morgan fingerprint density at radius 1 is 1.26 bits per heavy atom. The molecule has 7 nitrogen and oxygen atoms in total. The summed E-state index contributed by atoms with van der Waals surface area (Å²) in [4.78, 5) is 33.9. The minimum atomic E-state index is -0.423. The summed E-state index contributed by atoms with van der Waals surface area (Å²) in [5, 5.41) is 2.63. The SMILES string of the molecule is COc1ccc(N2C[C@H](C(=O)Nc3ncccn3)CC2=O)cc1. The monoisotopic (exact) mass is 312 g/mol. The maximum atomic E-state index is 12.2. The average molecular weight is 312 g/mol. The van der Waals surface area contributed by atoms with Crippen molar-refractivity contribution >= 4 is 23.5 Å². The van der Waals surface area contributed by atoms with Crippen molar-refractivity contribution in [3.05, 3.63) is 42.7 Å². The van der Waals surface area contributed by atoms with Crippen LogP contribution < -0.4 is 15.0 Å². The molecule has 0 spiro atoms. The van der Waals surface area contributed by atoms with E-state index in [0.29, 0.717) is 6.54 Å². The molecule has 1 atom stereocenters. The van der Waals surface area contributed by atoms with Gasteiger partial charge in [0.25, 0.3) is 0 Å². The minimum absolute atomic E-state index is 0.0794. The second kappa shape index (κ2) is 6.43. The molecule has 7 heteroatoms. The number of rotatable bonds is 4. The largest absolute Gasteiger partial charge is 0.497 e. The summed E-state index contributed by atoms with van der Waals surface area (Å²) in [6, 6.07) is 8.84. The molecular formula is C16H16N4O3. The number of amides is 2. The van der Waals surface area contributed by atoms with Gasteiger partial charge in [-0.05, 0) is 30.3 Å². The molecule has 0 saturated carbocycles. The number of hydrogen-bond acceptors (Lipinski definition) is 5. The molecule has 1 aromatic heterocycles. The lowest BCUT2D eigenvalue weighted by Crippen LogP contribution is -2.28. The summed E-state index contributed by atoms with van der Waals surface area (Å²) < 4.78 is 5.10. The lowest BCUT2D eigenvalue weighted by molar-refractivity contribution is -0.122. The molecule has 1 saturated heterocycles. The van der Waals surface area contributed by atoms with Crippen molar-refractivity contribution in [1.29, 1.82) is 0 Å². The van der Waals surface area contributed by atoms with Gasteiger partial charge in [0.15, 0.2) is 0 Å². The number of ether oxygens (including phenoxy) is 1. The first-order valence-electron chi connectivity index (χ1n) is 7.19. The Hall–Kier alpha value is -2.96. The Bertz CT molecular complexity index is 703. The molecule has 118 valence electrons. The molecule has 2 heterocycles. The predicted molar refractivity (Wildman–Crippen MR) is 84.1 cm³/mol. The molecule has 3 rings (SSSR count). The van der Waals surface area contributed by atoms with Crippen molar-refractivity contribution in [2.75, 3.05) is 23.9 Å². The number of benzene rings is 1. The van der Waals surface area contributed by atoms with E-state index in [1.54, 1.807) is 54.7 Å². The number of carbonyl (C=O) groups is 2. The van der Waals surface area contributed by atoms with Crippen molar-refractivity contribution < 1.29 is 14.3 Å². The highest BCUT2D eigenvalue weighted by Crippen LogP contribution is 2.27. The number of methoxy groups -OCH3 is 1. The van der Waals surface area contributed by atoms with Crippen LogP contribution in [0.15, 0.2) is 42.7 Å². The summed E-state index contributed by atoms with van der Waals surface area (Å²) in [7, 11) is 1.59. The highest BCUT2D eigenvalue weighted by atomic mass is 16.5. The van der Waals surface area contributed by atoms with Gasteiger partial charge in [0.1, 0.15) is 5.75 Å². The molecule has 1 aromatic carbocycles. The van der Waals surface area contributed by atoms with Crippen LogP contribution in [0.25, 0.3) is 0 Å². The molecule has 0 radical (unpaired) electrons. The Kier molecular flexibility index (Phi) is 4.18. The normalized spacial score (nSPS) is 17.2. The Labute approximate surface area is 133 Å². The van der Waals surface area contributed by atoms with Crippen LogP contribution in [0.5, 0.6) is 5.75 Å². The van der Waals surface area contributed by atoms with Crippen molar-refractivity contribution in [3.63, 3.8) is 0 Å². The number of aromatic nitrogens is 2. The van der Waals surface area contributed by atoms with Gasteiger partial charge in [0.2, 0.25) is 17.8 Å². The van der Waals surface area contributed by atoms with Gasteiger partial charge in [-0.25, -0.2) is 9.97 Å². The van der Waals surface area contributed by atoms with E-state index >= 15 is 0 Å². The summed E-state index contributed by atoms with van der Waals surface area (Å²) in [5.41, 5.74) is 0.752. The van der Waals surface area contributed by atoms with Gasteiger partial charge in [-0.2, -0.15) is 0 Å². The van der Waals surface area contributed by atoms with Crippen LogP contribution in [0.2, 0.25) is 0 Å². The van der Waals surface area contributed by atoms with Crippen molar-refractivity contribution in [3.8, 4) is 5.75 Å². The summed E-state index contributed by atoms with van der Waals surface area (Å²) in [6.07, 6.45) is 3.27. The van der Waals surface area contributed by atoms with E-state index in [-0.39, 0.29) is 24.2 Å². The predicted octanol–water partition coefficient (Wildman–Crippen LogP) is 1.48. The average Bonchev–Trinajstić information content (AvgIpc) is 2.98. The molecule has 0 unspecified atom stereocenters. The summed E-state index contributed by atoms with van der Waals surface area (Å²) in [5.74, 6) is 0.210. The van der Waals surface area contributed by atoms with Gasteiger partial charge in [0, 0.05) is 31.0 Å². The lowest BCUT2D eigenvalue weighted by Gasteiger charge is -2.17. The second-order valence-corrected chi connectivity index (χ2v) is 5.17. The third kappa shape index (κ3) is 3.28. The lowest BCUT2D eigenvalue weighted by atomic mass is 10.1. The number of nitrogens with one attached hydrogen (secondary N) is 1. The van der Waals surface area contributed by atoms with E-state index in [9.17, 15) is 9.59 Å². The molecule has 0 bridgehead atoms. The topological polar surface area (TPSA) is 84.4 Å². The van der Waals surface area contributed by atoms with Crippen LogP contribution in [0.1, 0.15) is 6.42 Å². The molecule has 23 heavy (non-hydrogen) atoms. The number of anilines is 2. The van der Waals surface area contributed by atoms with E-state index in [4.69, 9.17) is 4.74 Å². The van der Waals surface area contributed by atoms with Gasteiger partial charge >= 0.3 is 0 Å². The summed E-state index contributed by atoms with van der Waals surface area (Å²) in [6.45, 7) is 0.337. The van der Waals surface area contributed by atoms with E-state index < -0.39 is 5.92 Å². The fourth-order valence-corrected chi connectivity index (χ4v) is 2.47. The molecule has 2 amide bonds. The number of nitrogens with zero attached hydrogens (tertiary/aromatic N) is 3. The van der Waals surface area contributed by atoms with Gasteiger partial charge < -0.3 is 9.64 Å². The highest BCUT2D eigenvalue weighted by Gasteiger charge is 2.35. The standard InChI is InChI=1S/C16H16N4O3/c1-23-13-5-3-12(4-6-13)20-10-11(9-14(20)21)15(22)19-16-17-7-2-8-18-16/h2-8,11H,9-10H2,1H3,(H,17,18,19,22)/t11-/m1/s1. The molecule has 1 fully saturated rings. The van der Waals surface area contributed by atoms with Crippen LogP contribution in [0.3, 0.4) is 0 Å². The van der Waals surface area contributed by atoms with Crippen molar-refractivity contribution in [1.82, 2.24) is 9.97 Å². The van der Waals surface area contributed by atoms with E-state index in [0.717, 1.165) is 11.4 Å². The zero-order valence-electron chi connectivity index (χ0n) is 12.6. The first kappa shape index (κ1) is 15.0. The van der Waals surface area contributed by atoms with E-state index in [1.165, 1.54) is 0 Å². The molecule has 1 aliphatic heterocycles. The van der Waals surface area contributed by atoms with Crippen LogP contribution in [0, 0.1) is 5.92 Å². The van der Waals surface area contributed by atoms with E-state index in [1.807, 2.05) is 0 Å². The molecule has 1 aliphatic rings. The Morgan fingerprint density at radius 2 is 1.96 bits per heavy atom. The molecule has 2 aromatic rings. The smallest absolute Gasteiger partial charge is 0.232 e. The Balaban J connectivity index is 1.67. The van der Waals surface area contributed by atoms with Gasteiger partial charge in [-0.15, -0.1) is 0 Å². The van der Waals surface area contributed by atoms with Crippen molar-refractivity contribution in [2.24, 2.45) is 5.92 Å². The number of hydrogen-bond donors (Lipinski definition) is 1. The Morgan fingerprint density at radius 3 is 2.61 bits per heavy atom. The van der Waals surface area contributed by atoms with Crippen LogP contribution >= 0.6 is 0 Å². The minimum Gasteiger partial charge on any atom is -0.497 e. The maximum Gasteiger partial charge on any atom is 0.232 e. The van der Waals surface area contributed by atoms with E-state index in [2.05, 4.69) is 15.3 Å². The molecule has 0 aliphatic carbocycles. The zero-order valence-corrected chi connectivity index (χ0v) is 12.6. The number of carbonyl (C=O) groups excluding carboxylic acids is 2. The zero-order chi connectivity index (χ0) is 16.2.